The summed E-state index contributed by atoms with van der Waals surface area (Å²) < 4.78 is 10.6. The maximum atomic E-state index is 12.1. The number of carbonyl (C=O) groups is 1. The van der Waals surface area contributed by atoms with E-state index >= 15 is 0 Å². The lowest BCUT2D eigenvalue weighted by molar-refractivity contribution is 0.0946. The Morgan fingerprint density at radius 2 is 1.78 bits per heavy atom. The molecule has 0 spiro atoms. The number of nitrogens with one attached hydrogen (secondary N) is 1. The SMILES string of the molecule is Cc1noc(CNC(=O)c2ccc(Oc3ccccc3)cc2)n1. The van der Waals surface area contributed by atoms with E-state index in [1.165, 1.54) is 0 Å². The molecule has 6 nitrogen and oxygen atoms in total. The number of benzene rings is 2. The first-order valence-electron chi connectivity index (χ1n) is 7.11. The van der Waals surface area contributed by atoms with Crippen molar-refractivity contribution in [1.82, 2.24) is 15.5 Å². The molecule has 23 heavy (non-hydrogen) atoms. The molecule has 116 valence electrons. The summed E-state index contributed by atoms with van der Waals surface area (Å²) in [5, 5.41) is 6.39. The Morgan fingerprint density at radius 3 is 2.43 bits per heavy atom. The Bertz CT molecular complexity index is 782. The predicted octanol–water partition coefficient (Wildman–Crippen LogP) is 3.10. The van der Waals surface area contributed by atoms with E-state index in [4.69, 9.17) is 9.26 Å². The zero-order valence-corrected chi connectivity index (χ0v) is 12.5. The Kier molecular flexibility index (Phi) is 4.33. The Labute approximate surface area is 133 Å². The molecular formula is C17H15N3O3. The van der Waals surface area contributed by atoms with Gasteiger partial charge in [-0.05, 0) is 43.3 Å². The third-order valence-electron chi connectivity index (χ3n) is 3.07. The molecule has 2 aromatic carbocycles. The molecule has 1 N–H and O–H groups in total. The van der Waals surface area contributed by atoms with Crippen LogP contribution < -0.4 is 10.1 Å². The minimum atomic E-state index is -0.216. The van der Waals surface area contributed by atoms with Gasteiger partial charge in [0.15, 0.2) is 5.82 Å². The van der Waals surface area contributed by atoms with Crippen molar-refractivity contribution in [3.63, 3.8) is 0 Å². The maximum absolute atomic E-state index is 12.1. The minimum absolute atomic E-state index is 0.196. The van der Waals surface area contributed by atoms with E-state index in [9.17, 15) is 4.79 Å². The van der Waals surface area contributed by atoms with E-state index < -0.39 is 0 Å². The minimum Gasteiger partial charge on any atom is -0.457 e. The average Bonchev–Trinajstić information content (AvgIpc) is 3.00. The van der Waals surface area contributed by atoms with Gasteiger partial charge in [0.25, 0.3) is 5.91 Å². The molecule has 0 atom stereocenters. The molecule has 3 aromatic rings. The summed E-state index contributed by atoms with van der Waals surface area (Å²) in [6, 6.07) is 16.4. The van der Waals surface area contributed by atoms with Gasteiger partial charge in [-0.2, -0.15) is 4.98 Å². The number of hydrogen-bond donors (Lipinski definition) is 1. The second-order valence-electron chi connectivity index (χ2n) is 4.86. The van der Waals surface area contributed by atoms with Crippen molar-refractivity contribution < 1.29 is 14.1 Å². The number of para-hydroxylation sites is 1. The summed E-state index contributed by atoms with van der Waals surface area (Å²) in [6.45, 7) is 1.92. The number of aryl methyl sites for hydroxylation is 1. The zero-order chi connectivity index (χ0) is 16.1. The van der Waals surface area contributed by atoms with Gasteiger partial charge in [-0.25, -0.2) is 0 Å². The van der Waals surface area contributed by atoms with E-state index in [-0.39, 0.29) is 12.5 Å². The molecule has 0 bridgehead atoms. The molecule has 0 aliphatic rings. The van der Waals surface area contributed by atoms with Gasteiger partial charge in [0.05, 0.1) is 6.54 Å². The third-order valence-corrected chi connectivity index (χ3v) is 3.07. The molecule has 6 heteroatoms. The first kappa shape index (κ1) is 14.8. The standard InChI is InChI=1S/C17H15N3O3/c1-12-19-16(23-20-12)11-18-17(21)13-7-9-15(10-8-13)22-14-5-3-2-4-6-14/h2-10H,11H2,1H3,(H,18,21). The number of ether oxygens (including phenoxy) is 1. The predicted molar refractivity (Wildman–Crippen MR) is 83.2 cm³/mol. The van der Waals surface area contributed by atoms with Crippen molar-refractivity contribution in [2.45, 2.75) is 13.5 Å². The molecule has 1 heterocycles. The van der Waals surface area contributed by atoms with Gasteiger partial charge in [0.1, 0.15) is 11.5 Å². The number of carbonyl (C=O) groups excluding carboxylic acids is 1. The van der Waals surface area contributed by atoms with Crippen molar-refractivity contribution in [2.75, 3.05) is 0 Å². The van der Waals surface area contributed by atoms with Crippen molar-refractivity contribution in [3.8, 4) is 11.5 Å². The number of rotatable bonds is 5. The molecule has 0 aliphatic carbocycles. The van der Waals surface area contributed by atoms with Gasteiger partial charge < -0.3 is 14.6 Å². The topological polar surface area (TPSA) is 77.2 Å². The summed E-state index contributed by atoms with van der Waals surface area (Å²) >= 11 is 0. The highest BCUT2D eigenvalue weighted by atomic mass is 16.5. The Balaban J connectivity index is 1.59. The second-order valence-corrected chi connectivity index (χ2v) is 4.86. The lowest BCUT2D eigenvalue weighted by atomic mass is 10.2. The van der Waals surface area contributed by atoms with Crippen LogP contribution in [0.25, 0.3) is 0 Å². The maximum Gasteiger partial charge on any atom is 0.251 e. The first-order chi connectivity index (χ1) is 11.2. The summed E-state index contributed by atoms with van der Waals surface area (Å²) in [5.41, 5.74) is 0.529. The van der Waals surface area contributed by atoms with Crippen LogP contribution in [0.2, 0.25) is 0 Å². The van der Waals surface area contributed by atoms with Gasteiger partial charge in [-0.3, -0.25) is 4.79 Å². The van der Waals surface area contributed by atoms with Crippen molar-refractivity contribution in [2.24, 2.45) is 0 Å². The highest BCUT2D eigenvalue weighted by molar-refractivity contribution is 5.94. The monoisotopic (exact) mass is 309 g/mol. The molecule has 0 radical (unpaired) electrons. The molecule has 0 saturated carbocycles. The largest absolute Gasteiger partial charge is 0.457 e. The molecule has 0 aliphatic heterocycles. The summed E-state index contributed by atoms with van der Waals surface area (Å²) in [6.07, 6.45) is 0. The fourth-order valence-electron chi connectivity index (χ4n) is 1.97. The van der Waals surface area contributed by atoms with Gasteiger partial charge in [0.2, 0.25) is 5.89 Å². The van der Waals surface area contributed by atoms with E-state index in [1.54, 1.807) is 31.2 Å². The molecule has 0 unspecified atom stereocenters. The van der Waals surface area contributed by atoms with Crippen LogP contribution in [0, 0.1) is 6.92 Å². The number of nitrogens with zero attached hydrogens (tertiary/aromatic N) is 2. The Hall–Kier alpha value is -3.15. The van der Waals surface area contributed by atoms with Crippen molar-refractivity contribution in [3.05, 3.63) is 71.9 Å². The molecule has 3 rings (SSSR count). The molecule has 1 amide bonds. The number of hydrogen-bond acceptors (Lipinski definition) is 5. The summed E-state index contributed by atoms with van der Waals surface area (Å²) in [7, 11) is 0. The summed E-state index contributed by atoms with van der Waals surface area (Å²) in [4.78, 5) is 16.1. The van der Waals surface area contributed by atoms with E-state index in [1.807, 2.05) is 30.3 Å². The Morgan fingerprint density at radius 1 is 1.09 bits per heavy atom. The smallest absolute Gasteiger partial charge is 0.251 e. The fourth-order valence-corrected chi connectivity index (χ4v) is 1.97. The molecule has 1 aromatic heterocycles. The van der Waals surface area contributed by atoms with Gasteiger partial charge in [-0.15, -0.1) is 0 Å². The van der Waals surface area contributed by atoms with Crippen LogP contribution in [0.3, 0.4) is 0 Å². The van der Waals surface area contributed by atoms with Gasteiger partial charge in [-0.1, -0.05) is 23.4 Å². The molecule has 0 saturated heterocycles. The normalized spacial score (nSPS) is 10.3. The van der Waals surface area contributed by atoms with E-state index in [2.05, 4.69) is 15.5 Å². The zero-order valence-electron chi connectivity index (χ0n) is 12.5. The van der Waals surface area contributed by atoms with Crippen LogP contribution in [0.5, 0.6) is 11.5 Å². The number of aromatic nitrogens is 2. The van der Waals surface area contributed by atoms with E-state index in [0.29, 0.717) is 23.0 Å². The molecule has 0 fully saturated rings. The fraction of sp³-hybridized carbons (Fsp3) is 0.118. The van der Waals surface area contributed by atoms with Crippen LogP contribution in [-0.2, 0) is 6.54 Å². The van der Waals surface area contributed by atoms with Crippen LogP contribution in [0.4, 0.5) is 0 Å². The molecular weight excluding hydrogens is 294 g/mol. The average molecular weight is 309 g/mol. The van der Waals surface area contributed by atoms with Crippen LogP contribution in [0.15, 0.2) is 59.1 Å². The second kappa shape index (κ2) is 6.74. The quantitative estimate of drug-likeness (QED) is 0.783. The van der Waals surface area contributed by atoms with Crippen molar-refractivity contribution in [1.29, 1.82) is 0 Å². The lowest BCUT2D eigenvalue weighted by Gasteiger charge is -2.06. The van der Waals surface area contributed by atoms with Crippen molar-refractivity contribution >= 4 is 5.91 Å². The third kappa shape index (κ3) is 3.94. The number of amides is 1. The highest BCUT2D eigenvalue weighted by Crippen LogP contribution is 2.21. The summed E-state index contributed by atoms with van der Waals surface area (Å²) in [5.74, 6) is 2.11. The highest BCUT2D eigenvalue weighted by Gasteiger charge is 2.08. The van der Waals surface area contributed by atoms with Crippen LogP contribution in [-0.4, -0.2) is 16.0 Å². The lowest BCUT2D eigenvalue weighted by Crippen LogP contribution is -2.22. The van der Waals surface area contributed by atoms with E-state index in [0.717, 1.165) is 5.75 Å². The first-order valence-corrected chi connectivity index (χ1v) is 7.11. The van der Waals surface area contributed by atoms with Gasteiger partial charge >= 0.3 is 0 Å². The van der Waals surface area contributed by atoms with Crippen LogP contribution >= 0.6 is 0 Å². The van der Waals surface area contributed by atoms with Crippen LogP contribution in [0.1, 0.15) is 22.1 Å². The van der Waals surface area contributed by atoms with Gasteiger partial charge in [0, 0.05) is 5.56 Å².